The third-order valence-corrected chi connectivity index (χ3v) is 2.77. The van der Waals surface area contributed by atoms with E-state index < -0.39 is 0 Å². The molecule has 3 heteroatoms. The summed E-state index contributed by atoms with van der Waals surface area (Å²) in [5.41, 5.74) is 2.52. The van der Waals surface area contributed by atoms with Gasteiger partial charge in [0.15, 0.2) is 0 Å². The molecule has 0 aliphatic rings. The summed E-state index contributed by atoms with van der Waals surface area (Å²) in [6.45, 7) is 1.82. The van der Waals surface area contributed by atoms with E-state index in [-0.39, 0.29) is 11.6 Å². The summed E-state index contributed by atoms with van der Waals surface area (Å²) >= 11 is 5.72. The van der Waals surface area contributed by atoms with Crippen LogP contribution in [0.2, 0.25) is 5.02 Å². The van der Waals surface area contributed by atoms with Gasteiger partial charge in [-0.25, -0.2) is 4.39 Å². The molecule has 16 heavy (non-hydrogen) atoms. The van der Waals surface area contributed by atoms with Crippen LogP contribution in [0.15, 0.2) is 36.4 Å². The lowest BCUT2D eigenvalue weighted by molar-refractivity contribution is 0.476. The molecule has 0 radical (unpaired) electrons. The molecule has 0 atom stereocenters. The molecule has 2 aromatic carbocycles. The summed E-state index contributed by atoms with van der Waals surface area (Å²) in [4.78, 5) is 0. The summed E-state index contributed by atoms with van der Waals surface area (Å²) in [5, 5.41) is 9.81. The van der Waals surface area contributed by atoms with Gasteiger partial charge in [0.1, 0.15) is 11.6 Å². The molecule has 0 saturated heterocycles. The molecule has 1 nitrogen and oxygen atoms in total. The van der Waals surface area contributed by atoms with Crippen molar-refractivity contribution in [2.75, 3.05) is 0 Å². The van der Waals surface area contributed by atoms with E-state index in [9.17, 15) is 9.50 Å². The van der Waals surface area contributed by atoms with E-state index in [1.165, 1.54) is 12.1 Å². The highest BCUT2D eigenvalue weighted by Gasteiger charge is 2.05. The van der Waals surface area contributed by atoms with Crippen molar-refractivity contribution in [3.63, 3.8) is 0 Å². The van der Waals surface area contributed by atoms with Crippen molar-refractivity contribution in [2.24, 2.45) is 0 Å². The van der Waals surface area contributed by atoms with E-state index in [0.717, 1.165) is 16.7 Å². The van der Waals surface area contributed by atoms with Gasteiger partial charge >= 0.3 is 0 Å². The van der Waals surface area contributed by atoms with E-state index in [1.54, 1.807) is 24.3 Å². The number of hydrogen-bond acceptors (Lipinski definition) is 1. The lowest BCUT2D eigenvalue weighted by Crippen LogP contribution is -1.85. The number of benzene rings is 2. The Labute approximate surface area is 98.1 Å². The standard InChI is InChI=1S/C13H10ClFO/c1-8-6-10(15)3-4-11(8)9-2-5-12(14)13(16)7-9/h2-7,16H,1H3. The molecule has 0 heterocycles. The molecular weight excluding hydrogens is 227 g/mol. The molecule has 0 spiro atoms. The fourth-order valence-corrected chi connectivity index (χ4v) is 1.75. The molecule has 2 rings (SSSR count). The molecule has 0 unspecified atom stereocenters. The van der Waals surface area contributed by atoms with Crippen LogP contribution >= 0.6 is 11.6 Å². The second kappa shape index (κ2) is 4.14. The minimum Gasteiger partial charge on any atom is -0.506 e. The maximum absolute atomic E-state index is 12.9. The minimum absolute atomic E-state index is 0.0305. The Bertz CT molecular complexity index is 537. The number of aryl methyl sites for hydroxylation is 1. The number of rotatable bonds is 1. The molecule has 0 aromatic heterocycles. The summed E-state index contributed by atoms with van der Waals surface area (Å²) in [6.07, 6.45) is 0. The van der Waals surface area contributed by atoms with Crippen LogP contribution < -0.4 is 0 Å². The lowest BCUT2D eigenvalue weighted by atomic mass is 10.0. The first-order valence-electron chi connectivity index (χ1n) is 4.83. The number of aromatic hydroxyl groups is 1. The van der Waals surface area contributed by atoms with Crippen molar-refractivity contribution in [3.8, 4) is 16.9 Å². The maximum Gasteiger partial charge on any atom is 0.134 e. The van der Waals surface area contributed by atoms with Gasteiger partial charge in [0.05, 0.1) is 5.02 Å². The monoisotopic (exact) mass is 236 g/mol. The Kier molecular flexibility index (Phi) is 2.84. The average molecular weight is 237 g/mol. The predicted molar refractivity (Wildman–Crippen MR) is 63.2 cm³/mol. The third kappa shape index (κ3) is 2.02. The minimum atomic E-state index is -0.264. The Morgan fingerprint density at radius 2 is 1.88 bits per heavy atom. The summed E-state index contributed by atoms with van der Waals surface area (Å²) in [6, 6.07) is 9.53. The molecule has 0 aliphatic carbocycles. The Hall–Kier alpha value is -1.54. The second-order valence-corrected chi connectivity index (χ2v) is 4.03. The first-order valence-corrected chi connectivity index (χ1v) is 5.21. The Morgan fingerprint density at radius 3 is 2.50 bits per heavy atom. The molecule has 0 bridgehead atoms. The van der Waals surface area contributed by atoms with Gasteiger partial charge in [0, 0.05) is 0 Å². The van der Waals surface area contributed by atoms with Crippen LogP contribution in [0.1, 0.15) is 5.56 Å². The third-order valence-electron chi connectivity index (χ3n) is 2.45. The quantitative estimate of drug-likeness (QED) is 0.788. The summed E-state index contributed by atoms with van der Waals surface area (Å²) < 4.78 is 12.9. The van der Waals surface area contributed by atoms with Gasteiger partial charge in [-0.15, -0.1) is 0 Å². The molecule has 0 saturated carbocycles. The van der Waals surface area contributed by atoms with Crippen molar-refractivity contribution in [1.82, 2.24) is 0 Å². The topological polar surface area (TPSA) is 20.2 Å². The van der Waals surface area contributed by atoms with E-state index in [1.807, 2.05) is 6.92 Å². The van der Waals surface area contributed by atoms with Crippen LogP contribution in [0, 0.1) is 12.7 Å². The van der Waals surface area contributed by atoms with Gasteiger partial charge in [-0.3, -0.25) is 0 Å². The molecule has 0 aliphatic heterocycles. The number of phenols is 1. The van der Waals surface area contributed by atoms with Gasteiger partial charge in [0.2, 0.25) is 0 Å². The predicted octanol–water partition coefficient (Wildman–Crippen LogP) is 4.16. The number of phenolic OH excluding ortho intramolecular Hbond substituents is 1. The smallest absolute Gasteiger partial charge is 0.134 e. The Balaban J connectivity index is 2.54. The van der Waals surface area contributed by atoms with Gasteiger partial charge in [-0.2, -0.15) is 0 Å². The second-order valence-electron chi connectivity index (χ2n) is 3.63. The highest BCUT2D eigenvalue weighted by atomic mass is 35.5. The zero-order valence-corrected chi connectivity index (χ0v) is 9.42. The van der Waals surface area contributed by atoms with Crippen molar-refractivity contribution in [1.29, 1.82) is 0 Å². The lowest BCUT2D eigenvalue weighted by Gasteiger charge is -2.07. The molecule has 1 N–H and O–H groups in total. The first kappa shape index (κ1) is 11.0. The molecule has 0 amide bonds. The van der Waals surface area contributed by atoms with E-state index in [4.69, 9.17) is 11.6 Å². The Morgan fingerprint density at radius 1 is 1.12 bits per heavy atom. The number of hydrogen-bond donors (Lipinski definition) is 1. The zero-order valence-electron chi connectivity index (χ0n) is 8.67. The van der Waals surface area contributed by atoms with Gasteiger partial charge < -0.3 is 5.11 Å². The maximum atomic E-state index is 12.9. The fourth-order valence-electron chi connectivity index (χ4n) is 1.63. The van der Waals surface area contributed by atoms with Crippen LogP contribution in [0.4, 0.5) is 4.39 Å². The van der Waals surface area contributed by atoms with Crippen molar-refractivity contribution in [3.05, 3.63) is 52.8 Å². The van der Waals surface area contributed by atoms with Crippen molar-refractivity contribution >= 4 is 11.6 Å². The summed E-state index contributed by atoms with van der Waals surface area (Å²) in [5.74, 6) is -0.234. The molecule has 0 fully saturated rings. The van der Waals surface area contributed by atoms with Gasteiger partial charge in [-0.05, 0) is 47.9 Å². The van der Waals surface area contributed by atoms with Crippen LogP contribution in [0.5, 0.6) is 5.75 Å². The largest absolute Gasteiger partial charge is 0.506 e. The highest BCUT2D eigenvalue weighted by molar-refractivity contribution is 6.32. The molecule has 2 aromatic rings. The molecule has 82 valence electrons. The fraction of sp³-hybridized carbons (Fsp3) is 0.0769. The zero-order chi connectivity index (χ0) is 11.7. The summed E-state index contributed by atoms with van der Waals surface area (Å²) in [7, 11) is 0. The normalized spacial score (nSPS) is 10.4. The van der Waals surface area contributed by atoms with Crippen LogP contribution in [0.25, 0.3) is 11.1 Å². The van der Waals surface area contributed by atoms with Gasteiger partial charge in [0.25, 0.3) is 0 Å². The SMILES string of the molecule is Cc1cc(F)ccc1-c1ccc(Cl)c(O)c1. The average Bonchev–Trinajstić information content (AvgIpc) is 2.22. The van der Waals surface area contributed by atoms with Gasteiger partial charge in [-0.1, -0.05) is 23.7 Å². The van der Waals surface area contributed by atoms with E-state index in [2.05, 4.69) is 0 Å². The molecular formula is C13H10ClFO. The van der Waals surface area contributed by atoms with Crippen LogP contribution in [0.3, 0.4) is 0 Å². The van der Waals surface area contributed by atoms with E-state index >= 15 is 0 Å². The van der Waals surface area contributed by atoms with Crippen LogP contribution in [-0.4, -0.2) is 5.11 Å². The first-order chi connectivity index (χ1) is 7.58. The van der Waals surface area contributed by atoms with Crippen molar-refractivity contribution in [2.45, 2.75) is 6.92 Å². The number of halogens is 2. The highest BCUT2D eigenvalue weighted by Crippen LogP contribution is 2.31. The van der Waals surface area contributed by atoms with Crippen molar-refractivity contribution < 1.29 is 9.50 Å². The van der Waals surface area contributed by atoms with E-state index in [0.29, 0.717) is 5.02 Å². The van der Waals surface area contributed by atoms with Crippen LogP contribution in [-0.2, 0) is 0 Å².